The minimum absolute atomic E-state index is 0.0341. The molecule has 3 unspecified atom stereocenters. The summed E-state index contributed by atoms with van der Waals surface area (Å²) in [7, 11) is 0. The highest BCUT2D eigenvalue weighted by atomic mass is 32.1. The predicted molar refractivity (Wildman–Crippen MR) is 71.8 cm³/mol. The van der Waals surface area contributed by atoms with Gasteiger partial charge in [-0.1, -0.05) is 6.07 Å². The molecular formula is C14H17NO3S. The fraction of sp³-hybridized carbons (Fsp3) is 0.571. The van der Waals surface area contributed by atoms with Gasteiger partial charge in [0.2, 0.25) is 5.91 Å². The molecule has 0 radical (unpaired) electrons. The molecule has 2 aliphatic carbocycles. The minimum Gasteiger partial charge on any atom is -0.481 e. The summed E-state index contributed by atoms with van der Waals surface area (Å²) in [4.78, 5) is 24.0. The number of nitrogens with one attached hydrogen (secondary N) is 1. The number of carbonyl (C=O) groups excluding carboxylic acids is 1. The summed E-state index contributed by atoms with van der Waals surface area (Å²) in [5.41, 5.74) is 0. The monoisotopic (exact) mass is 279 g/mol. The van der Waals surface area contributed by atoms with Crippen molar-refractivity contribution in [3.05, 3.63) is 22.4 Å². The third kappa shape index (κ3) is 2.81. The number of fused-ring (bicyclic) bond motifs is 1. The smallest absolute Gasteiger partial charge is 0.305 e. The number of hydrogen-bond donors (Lipinski definition) is 2. The van der Waals surface area contributed by atoms with Crippen LogP contribution in [-0.2, 0) is 9.59 Å². The van der Waals surface area contributed by atoms with E-state index >= 15 is 0 Å². The Morgan fingerprint density at radius 1 is 1.37 bits per heavy atom. The van der Waals surface area contributed by atoms with Gasteiger partial charge in [-0.25, -0.2) is 0 Å². The summed E-state index contributed by atoms with van der Waals surface area (Å²) in [6, 6.07) is 3.37. The second-order valence-corrected chi connectivity index (χ2v) is 6.58. The van der Waals surface area contributed by atoms with Gasteiger partial charge in [0.25, 0.3) is 0 Å². The molecule has 0 spiro atoms. The number of carbonyl (C=O) groups is 2. The van der Waals surface area contributed by atoms with Crippen molar-refractivity contribution in [3.8, 4) is 0 Å². The molecule has 2 fully saturated rings. The third-order valence-corrected chi connectivity index (χ3v) is 5.18. The molecule has 0 saturated heterocycles. The highest BCUT2D eigenvalue weighted by Gasteiger charge is 2.48. The standard InChI is InChI=1S/C14H17NO3S/c16-13(17)7-11(12-2-1-3-19-12)15-14(18)10-5-8-4-9(8)6-10/h1-3,8-11H,4-7H2,(H,15,18)(H,16,17). The van der Waals surface area contributed by atoms with E-state index in [9.17, 15) is 9.59 Å². The molecule has 1 aromatic heterocycles. The first-order valence-corrected chi connectivity index (χ1v) is 7.57. The molecule has 1 heterocycles. The Morgan fingerprint density at radius 3 is 2.68 bits per heavy atom. The Bertz CT molecular complexity index is 475. The van der Waals surface area contributed by atoms with Gasteiger partial charge in [0.05, 0.1) is 12.5 Å². The summed E-state index contributed by atoms with van der Waals surface area (Å²) in [6.45, 7) is 0. The summed E-state index contributed by atoms with van der Waals surface area (Å²) in [6.07, 6.45) is 3.21. The normalized spacial score (nSPS) is 29.6. The van der Waals surface area contributed by atoms with Gasteiger partial charge in [0, 0.05) is 10.8 Å². The van der Waals surface area contributed by atoms with Gasteiger partial charge < -0.3 is 10.4 Å². The third-order valence-electron chi connectivity index (χ3n) is 4.20. The van der Waals surface area contributed by atoms with Crippen LogP contribution in [0.4, 0.5) is 0 Å². The summed E-state index contributed by atoms with van der Waals surface area (Å²) < 4.78 is 0. The first kappa shape index (κ1) is 12.7. The van der Waals surface area contributed by atoms with Crippen LogP contribution in [0, 0.1) is 17.8 Å². The largest absolute Gasteiger partial charge is 0.481 e. The van der Waals surface area contributed by atoms with Crippen LogP contribution in [0.3, 0.4) is 0 Å². The van der Waals surface area contributed by atoms with E-state index in [1.54, 1.807) is 0 Å². The van der Waals surface area contributed by atoms with E-state index in [1.807, 2.05) is 17.5 Å². The predicted octanol–water partition coefficient (Wildman–Crippen LogP) is 2.43. The Morgan fingerprint density at radius 2 is 2.11 bits per heavy atom. The Hall–Kier alpha value is -1.36. The maximum absolute atomic E-state index is 12.2. The minimum atomic E-state index is -0.882. The average Bonchev–Trinajstić information content (AvgIpc) is 2.85. The lowest BCUT2D eigenvalue weighted by atomic mass is 10.0. The molecule has 1 amide bonds. The van der Waals surface area contributed by atoms with E-state index in [2.05, 4.69) is 5.32 Å². The number of thiophene rings is 1. The van der Waals surface area contributed by atoms with Gasteiger partial charge in [0.15, 0.2) is 0 Å². The first-order chi connectivity index (χ1) is 9.13. The fourth-order valence-electron chi connectivity index (χ4n) is 3.11. The molecule has 3 rings (SSSR count). The van der Waals surface area contributed by atoms with Crippen molar-refractivity contribution in [3.63, 3.8) is 0 Å². The molecule has 0 aromatic carbocycles. The molecule has 5 heteroatoms. The van der Waals surface area contributed by atoms with Crippen LogP contribution in [0.2, 0.25) is 0 Å². The number of carboxylic acids is 1. The number of rotatable bonds is 5. The van der Waals surface area contributed by atoms with Crippen LogP contribution in [-0.4, -0.2) is 17.0 Å². The molecule has 2 N–H and O–H groups in total. The van der Waals surface area contributed by atoms with Crippen LogP contribution in [0.1, 0.15) is 36.6 Å². The van der Waals surface area contributed by atoms with E-state index in [0.717, 1.165) is 29.6 Å². The Labute approximate surface area is 115 Å². The topological polar surface area (TPSA) is 66.4 Å². The molecular weight excluding hydrogens is 262 g/mol. The second-order valence-electron chi connectivity index (χ2n) is 5.60. The molecule has 102 valence electrons. The van der Waals surface area contributed by atoms with Crippen molar-refractivity contribution < 1.29 is 14.7 Å². The zero-order chi connectivity index (χ0) is 13.4. The molecule has 2 saturated carbocycles. The number of hydrogen-bond acceptors (Lipinski definition) is 3. The number of aliphatic carboxylic acids is 1. The summed E-state index contributed by atoms with van der Waals surface area (Å²) in [5, 5.41) is 13.8. The van der Waals surface area contributed by atoms with Crippen molar-refractivity contribution in [2.45, 2.75) is 31.7 Å². The average molecular weight is 279 g/mol. The highest BCUT2D eigenvalue weighted by Crippen LogP contribution is 2.54. The van der Waals surface area contributed by atoms with Crippen LogP contribution >= 0.6 is 11.3 Å². The molecule has 3 atom stereocenters. The maximum Gasteiger partial charge on any atom is 0.305 e. The van der Waals surface area contributed by atoms with E-state index in [0.29, 0.717) is 0 Å². The van der Waals surface area contributed by atoms with Gasteiger partial charge >= 0.3 is 5.97 Å². The van der Waals surface area contributed by atoms with Crippen LogP contribution in [0.5, 0.6) is 0 Å². The fourth-order valence-corrected chi connectivity index (χ4v) is 3.88. The zero-order valence-corrected chi connectivity index (χ0v) is 11.4. The second kappa shape index (κ2) is 4.96. The summed E-state index contributed by atoms with van der Waals surface area (Å²) in [5.74, 6) is 0.769. The highest BCUT2D eigenvalue weighted by molar-refractivity contribution is 7.10. The van der Waals surface area contributed by atoms with Crippen molar-refractivity contribution in [2.75, 3.05) is 0 Å². The van der Waals surface area contributed by atoms with Gasteiger partial charge in [-0.15, -0.1) is 11.3 Å². The van der Waals surface area contributed by atoms with Gasteiger partial charge in [-0.2, -0.15) is 0 Å². The van der Waals surface area contributed by atoms with Crippen LogP contribution in [0.15, 0.2) is 17.5 Å². The SMILES string of the molecule is O=C(O)CC(NC(=O)C1CC2CC2C1)c1cccs1. The van der Waals surface area contributed by atoms with Gasteiger partial charge in [0.1, 0.15) is 0 Å². The van der Waals surface area contributed by atoms with Gasteiger partial charge in [-0.05, 0) is 42.5 Å². The molecule has 19 heavy (non-hydrogen) atoms. The van der Waals surface area contributed by atoms with Crippen molar-refractivity contribution >= 4 is 23.2 Å². The lowest BCUT2D eigenvalue weighted by molar-refractivity contribution is -0.137. The van der Waals surface area contributed by atoms with Crippen LogP contribution in [0.25, 0.3) is 0 Å². The zero-order valence-electron chi connectivity index (χ0n) is 10.5. The molecule has 1 aromatic rings. The lowest BCUT2D eigenvalue weighted by Crippen LogP contribution is -2.34. The van der Waals surface area contributed by atoms with Crippen molar-refractivity contribution in [1.82, 2.24) is 5.32 Å². The maximum atomic E-state index is 12.2. The quantitative estimate of drug-likeness (QED) is 0.870. The van der Waals surface area contributed by atoms with Gasteiger partial charge in [-0.3, -0.25) is 9.59 Å². The lowest BCUT2D eigenvalue weighted by Gasteiger charge is -2.19. The van der Waals surface area contributed by atoms with E-state index in [1.165, 1.54) is 17.8 Å². The van der Waals surface area contributed by atoms with E-state index < -0.39 is 5.97 Å². The molecule has 0 aliphatic heterocycles. The Kier molecular flexibility index (Phi) is 3.31. The van der Waals surface area contributed by atoms with E-state index in [-0.39, 0.29) is 24.3 Å². The Balaban J connectivity index is 1.63. The van der Waals surface area contributed by atoms with Crippen molar-refractivity contribution in [1.29, 1.82) is 0 Å². The summed E-state index contributed by atoms with van der Waals surface area (Å²) >= 11 is 1.49. The molecule has 4 nitrogen and oxygen atoms in total. The molecule has 2 aliphatic rings. The number of amides is 1. The first-order valence-electron chi connectivity index (χ1n) is 6.69. The van der Waals surface area contributed by atoms with Crippen LogP contribution < -0.4 is 5.32 Å². The number of carboxylic acid groups (broad SMARTS) is 1. The van der Waals surface area contributed by atoms with Crippen molar-refractivity contribution in [2.24, 2.45) is 17.8 Å². The molecule has 0 bridgehead atoms. The van der Waals surface area contributed by atoms with E-state index in [4.69, 9.17) is 5.11 Å².